The maximum Gasteiger partial charge on any atom is 0.207 e. The highest BCUT2D eigenvalue weighted by Gasteiger charge is 2.16. The Morgan fingerprint density at radius 3 is 2.25 bits per heavy atom. The van der Waals surface area contributed by atoms with Crippen LogP contribution in [0.15, 0.2) is 60.7 Å². The Labute approximate surface area is 120 Å². The molecule has 0 aliphatic carbocycles. The average molecular weight is 268 g/mol. The number of carbonyl (C=O) groups is 1. The van der Waals surface area contributed by atoms with Gasteiger partial charge >= 0.3 is 0 Å². The summed E-state index contributed by atoms with van der Waals surface area (Å²) in [5.74, 6) is 0. The molecule has 0 saturated carbocycles. The van der Waals surface area contributed by atoms with E-state index in [1.165, 1.54) is 11.3 Å². The summed E-state index contributed by atoms with van der Waals surface area (Å²) in [5, 5.41) is 2.75. The third-order valence-electron chi connectivity index (χ3n) is 3.46. The molecule has 2 rings (SSSR count). The molecule has 0 heterocycles. The molecule has 3 nitrogen and oxygen atoms in total. The van der Waals surface area contributed by atoms with Crippen molar-refractivity contribution in [3.63, 3.8) is 0 Å². The third kappa shape index (κ3) is 3.60. The highest BCUT2D eigenvalue weighted by atomic mass is 16.1. The lowest BCUT2D eigenvalue weighted by Crippen LogP contribution is -2.27. The highest BCUT2D eigenvalue weighted by molar-refractivity contribution is 5.48. The number of hydrogen-bond acceptors (Lipinski definition) is 2. The molecule has 1 unspecified atom stereocenters. The van der Waals surface area contributed by atoms with Crippen LogP contribution in [0.3, 0.4) is 0 Å². The Morgan fingerprint density at radius 1 is 1.05 bits per heavy atom. The maximum atomic E-state index is 10.4. The van der Waals surface area contributed by atoms with E-state index in [1.807, 2.05) is 36.4 Å². The molecule has 0 aliphatic rings. The summed E-state index contributed by atoms with van der Waals surface area (Å²) in [4.78, 5) is 12.7. The molecule has 3 heteroatoms. The second kappa shape index (κ2) is 7.34. The van der Waals surface area contributed by atoms with Crippen LogP contribution in [0.2, 0.25) is 0 Å². The fourth-order valence-electron chi connectivity index (χ4n) is 2.38. The van der Waals surface area contributed by atoms with Gasteiger partial charge in [-0.2, -0.15) is 0 Å². The van der Waals surface area contributed by atoms with Gasteiger partial charge in [0, 0.05) is 19.3 Å². The van der Waals surface area contributed by atoms with Crippen molar-refractivity contribution in [3.05, 3.63) is 66.2 Å². The maximum absolute atomic E-state index is 10.4. The van der Waals surface area contributed by atoms with Crippen LogP contribution in [0.5, 0.6) is 0 Å². The van der Waals surface area contributed by atoms with Crippen molar-refractivity contribution < 1.29 is 4.79 Å². The van der Waals surface area contributed by atoms with Crippen LogP contribution in [0.1, 0.15) is 18.0 Å². The summed E-state index contributed by atoms with van der Waals surface area (Å²) >= 11 is 0. The molecule has 0 radical (unpaired) electrons. The Balaban J connectivity index is 2.19. The third-order valence-corrected chi connectivity index (χ3v) is 3.46. The van der Waals surface area contributed by atoms with E-state index in [0.717, 1.165) is 12.8 Å². The molecular formula is C17H20N2O. The van der Waals surface area contributed by atoms with Crippen molar-refractivity contribution in [1.82, 2.24) is 5.32 Å². The number of hydrogen-bond donors (Lipinski definition) is 1. The van der Waals surface area contributed by atoms with Gasteiger partial charge in [0.1, 0.15) is 0 Å². The topological polar surface area (TPSA) is 32.3 Å². The van der Waals surface area contributed by atoms with Crippen molar-refractivity contribution in [3.8, 4) is 0 Å². The molecule has 0 aromatic heterocycles. The first-order valence-corrected chi connectivity index (χ1v) is 6.83. The van der Waals surface area contributed by atoms with Crippen molar-refractivity contribution >= 4 is 12.1 Å². The molecule has 1 atom stereocenters. The molecule has 0 fully saturated rings. The number of benzene rings is 2. The summed E-state index contributed by atoms with van der Waals surface area (Å²) in [5.41, 5.74) is 2.43. The van der Waals surface area contributed by atoms with Crippen molar-refractivity contribution in [2.24, 2.45) is 0 Å². The molecule has 2 aromatic carbocycles. The van der Waals surface area contributed by atoms with E-state index < -0.39 is 0 Å². The largest absolute Gasteiger partial charge is 0.367 e. The van der Waals surface area contributed by atoms with Gasteiger partial charge in [-0.1, -0.05) is 48.5 Å². The van der Waals surface area contributed by atoms with Crippen LogP contribution in [-0.2, 0) is 4.79 Å². The normalized spacial score (nSPS) is 11.7. The molecule has 20 heavy (non-hydrogen) atoms. The number of nitrogens with one attached hydrogen (secondary N) is 1. The fourth-order valence-corrected chi connectivity index (χ4v) is 2.38. The van der Waals surface area contributed by atoms with E-state index >= 15 is 0 Å². The van der Waals surface area contributed by atoms with Gasteiger partial charge in [-0.15, -0.1) is 0 Å². The predicted molar refractivity (Wildman–Crippen MR) is 82.7 cm³/mol. The first kappa shape index (κ1) is 14.1. The van der Waals surface area contributed by atoms with E-state index in [1.54, 1.807) is 0 Å². The van der Waals surface area contributed by atoms with Crippen LogP contribution in [0.4, 0.5) is 5.69 Å². The molecule has 104 valence electrons. The summed E-state index contributed by atoms with van der Waals surface area (Å²) in [7, 11) is 2.09. The molecule has 0 bridgehead atoms. The summed E-state index contributed by atoms with van der Waals surface area (Å²) in [6, 6.07) is 20.9. The Morgan fingerprint density at radius 2 is 1.65 bits per heavy atom. The second-order valence-corrected chi connectivity index (χ2v) is 4.73. The molecule has 0 spiro atoms. The summed E-state index contributed by atoms with van der Waals surface area (Å²) in [6.45, 7) is 0.667. The fraction of sp³-hybridized carbons (Fsp3) is 0.235. The highest BCUT2D eigenvalue weighted by Crippen LogP contribution is 2.27. The van der Waals surface area contributed by atoms with Crippen LogP contribution in [0.25, 0.3) is 0 Å². The average Bonchev–Trinajstić information content (AvgIpc) is 2.53. The molecule has 1 N–H and O–H groups in total. The molecule has 1 amide bonds. The van der Waals surface area contributed by atoms with E-state index in [9.17, 15) is 4.79 Å². The van der Waals surface area contributed by atoms with Crippen LogP contribution in [0, 0.1) is 0 Å². The molecule has 0 aliphatic heterocycles. The van der Waals surface area contributed by atoms with Gasteiger partial charge in [-0.3, -0.25) is 4.79 Å². The number of nitrogens with zero attached hydrogens (tertiary/aromatic N) is 1. The minimum Gasteiger partial charge on any atom is -0.367 e. The van der Waals surface area contributed by atoms with Crippen LogP contribution < -0.4 is 10.2 Å². The Kier molecular flexibility index (Phi) is 5.18. The molecule has 2 aromatic rings. The lowest BCUT2D eigenvalue weighted by atomic mass is 10.0. The van der Waals surface area contributed by atoms with Gasteiger partial charge in [0.2, 0.25) is 6.41 Å². The van der Waals surface area contributed by atoms with Gasteiger partial charge in [0.15, 0.2) is 0 Å². The molecular weight excluding hydrogens is 248 g/mol. The standard InChI is InChI=1S/C17H20N2O/c1-19(16-10-6-3-7-11-16)17(12-13-18-14-20)15-8-4-2-5-9-15/h2-11,14,17H,12-13H2,1H3,(H,18,20). The van der Waals surface area contributed by atoms with Crippen LogP contribution >= 0.6 is 0 Å². The van der Waals surface area contributed by atoms with E-state index in [2.05, 4.69) is 41.5 Å². The van der Waals surface area contributed by atoms with Gasteiger partial charge < -0.3 is 10.2 Å². The van der Waals surface area contributed by atoms with Crippen molar-refractivity contribution in [2.75, 3.05) is 18.5 Å². The minimum atomic E-state index is 0.242. The monoisotopic (exact) mass is 268 g/mol. The lowest BCUT2D eigenvalue weighted by Gasteiger charge is -2.30. The van der Waals surface area contributed by atoms with Crippen molar-refractivity contribution in [2.45, 2.75) is 12.5 Å². The second-order valence-electron chi connectivity index (χ2n) is 4.73. The Hall–Kier alpha value is -2.29. The SMILES string of the molecule is CN(c1ccccc1)C(CCNC=O)c1ccccc1. The zero-order chi connectivity index (χ0) is 14.2. The quantitative estimate of drug-likeness (QED) is 0.618. The first-order valence-electron chi connectivity index (χ1n) is 6.83. The first-order chi connectivity index (χ1) is 9.83. The van der Waals surface area contributed by atoms with E-state index in [-0.39, 0.29) is 6.04 Å². The number of amides is 1. The van der Waals surface area contributed by atoms with Gasteiger partial charge in [-0.25, -0.2) is 0 Å². The van der Waals surface area contributed by atoms with Gasteiger partial charge in [0.05, 0.1) is 6.04 Å². The van der Waals surface area contributed by atoms with Gasteiger partial charge in [-0.05, 0) is 24.1 Å². The van der Waals surface area contributed by atoms with Crippen molar-refractivity contribution in [1.29, 1.82) is 0 Å². The minimum absolute atomic E-state index is 0.242. The van der Waals surface area contributed by atoms with E-state index in [4.69, 9.17) is 0 Å². The number of para-hydroxylation sites is 1. The van der Waals surface area contributed by atoms with Gasteiger partial charge in [0.25, 0.3) is 0 Å². The summed E-state index contributed by atoms with van der Waals surface area (Å²) in [6.07, 6.45) is 1.62. The smallest absolute Gasteiger partial charge is 0.207 e. The number of anilines is 1. The zero-order valence-electron chi connectivity index (χ0n) is 11.7. The Bertz CT molecular complexity index is 513. The molecule has 0 saturated heterocycles. The predicted octanol–water partition coefficient (Wildman–Crippen LogP) is 3.00. The zero-order valence-corrected chi connectivity index (χ0v) is 11.7. The summed E-state index contributed by atoms with van der Waals surface area (Å²) < 4.78 is 0. The van der Waals surface area contributed by atoms with Crippen LogP contribution in [-0.4, -0.2) is 20.0 Å². The number of carbonyl (C=O) groups excluding carboxylic acids is 1. The lowest BCUT2D eigenvalue weighted by molar-refractivity contribution is -0.109. The van der Waals surface area contributed by atoms with E-state index in [0.29, 0.717) is 6.54 Å². The number of rotatable bonds is 7.